The van der Waals surface area contributed by atoms with Gasteiger partial charge in [0.25, 0.3) is 5.91 Å². The van der Waals surface area contributed by atoms with Gasteiger partial charge in [-0.3, -0.25) is 9.59 Å². The Kier molecular flexibility index (Phi) is 7.27. The number of anilines is 1. The fraction of sp³-hybridized carbons (Fsp3) is 0.154. The average Bonchev–Trinajstić information content (AvgIpc) is 2.78. The maximum atomic E-state index is 12.4. The van der Waals surface area contributed by atoms with Crippen molar-refractivity contribution in [3.63, 3.8) is 0 Å². The molecule has 0 atom stereocenters. The lowest BCUT2D eigenvalue weighted by atomic mass is 9.94. The van der Waals surface area contributed by atoms with Crippen molar-refractivity contribution in [3.05, 3.63) is 94.6 Å². The van der Waals surface area contributed by atoms with Crippen LogP contribution in [-0.2, 0) is 10.7 Å². The molecule has 0 saturated carbocycles. The molecular weight excluding hydrogens is 408 g/mol. The van der Waals surface area contributed by atoms with Crippen molar-refractivity contribution >= 4 is 35.2 Å². The molecule has 158 valence electrons. The number of halogens is 1. The van der Waals surface area contributed by atoms with E-state index < -0.39 is 0 Å². The fourth-order valence-corrected chi connectivity index (χ4v) is 3.83. The lowest BCUT2D eigenvalue weighted by Crippen LogP contribution is -2.17. The standard InChI is InChI=1S/C26H25ClN2O2/c1-17-7-13-23(18(2)24(17)16-27)21-5-4-6-22(15-21)29-25(30)14-10-19-8-11-20(12-9-19)26(31)28-3/h4-15H,16H2,1-3H3,(H,28,31)(H,29,30). The topological polar surface area (TPSA) is 58.2 Å². The first-order valence-corrected chi connectivity index (χ1v) is 10.5. The van der Waals surface area contributed by atoms with Crippen molar-refractivity contribution in [3.8, 4) is 11.1 Å². The van der Waals surface area contributed by atoms with Crippen molar-refractivity contribution in [2.24, 2.45) is 0 Å². The van der Waals surface area contributed by atoms with Gasteiger partial charge < -0.3 is 10.6 Å². The van der Waals surface area contributed by atoms with E-state index in [-0.39, 0.29) is 11.8 Å². The Morgan fingerprint density at radius 1 is 1.00 bits per heavy atom. The van der Waals surface area contributed by atoms with Gasteiger partial charge in [0, 0.05) is 30.3 Å². The number of nitrogens with one attached hydrogen (secondary N) is 2. The quantitative estimate of drug-likeness (QED) is 0.386. The summed E-state index contributed by atoms with van der Waals surface area (Å²) in [7, 11) is 1.59. The first-order chi connectivity index (χ1) is 14.9. The minimum Gasteiger partial charge on any atom is -0.355 e. The van der Waals surface area contributed by atoms with Gasteiger partial charge in [-0.2, -0.15) is 0 Å². The van der Waals surface area contributed by atoms with Crippen LogP contribution in [0.1, 0.15) is 32.6 Å². The molecule has 0 saturated heterocycles. The Bertz CT molecular complexity index is 1130. The summed E-state index contributed by atoms with van der Waals surface area (Å²) < 4.78 is 0. The average molecular weight is 433 g/mol. The maximum Gasteiger partial charge on any atom is 0.251 e. The largest absolute Gasteiger partial charge is 0.355 e. The van der Waals surface area contributed by atoms with Gasteiger partial charge in [-0.25, -0.2) is 0 Å². The van der Waals surface area contributed by atoms with E-state index >= 15 is 0 Å². The summed E-state index contributed by atoms with van der Waals surface area (Å²) >= 11 is 6.13. The van der Waals surface area contributed by atoms with Crippen molar-refractivity contribution in [1.82, 2.24) is 5.32 Å². The second-order valence-electron chi connectivity index (χ2n) is 7.27. The number of hydrogen-bond donors (Lipinski definition) is 2. The van der Waals surface area contributed by atoms with Crippen LogP contribution < -0.4 is 10.6 Å². The number of aryl methyl sites for hydroxylation is 1. The van der Waals surface area contributed by atoms with Gasteiger partial charge >= 0.3 is 0 Å². The summed E-state index contributed by atoms with van der Waals surface area (Å²) in [5.41, 5.74) is 7.71. The monoisotopic (exact) mass is 432 g/mol. The van der Waals surface area contributed by atoms with E-state index in [0.717, 1.165) is 33.5 Å². The zero-order valence-electron chi connectivity index (χ0n) is 17.8. The zero-order valence-corrected chi connectivity index (χ0v) is 18.6. The third kappa shape index (κ3) is 5.41. The molecule has 4 nitrogen and oxygen atoms in total. The van der Waals surface area contributed by atoms with Gasteiger partial charge in [0.1, 0.15) is 0 Å². The van der Waals surface area contributed by atoms with Crippen molar-refractivity contribution < 1.29 is 9.59 Å². The Hall–Kier alpha value is -3.37. The first-order valence-electron chi connectivity index (χ1n) is 9.99. The molecule has 0 aromatic heterocycles. The summed E-state index contributed by atoms with van der Waals surface area (Å²) in [6.07, 6.45) is 3.19. The molecule has 2 N–H and O–H groups in total. The van der Waals surface area contributed by atoms with Gasteiger partial charge in [0.2, 0.25) is 5.91 Å². The summed E-state index contributed by atoms with van der Waals surface area (Å²) in [5.74, 6) is 0.0985. The maximum absolute atomic E-state index is 12.4. The third-order valence-corrected chi connectivity index (χ3v) is 5.50. The summed E-state index contributed by atoms with van der Waals surface area (Å²) in [6, 6.07) is 19.0. The molecule has 0 bridgehead atoms. The van der Waals surface area contributed by atoms with Crippen LogP contribution in [0.5, 0.6) is 0 Å². The van der Waals surface area contributed by atoms with Crippen LogP contribution in [0.15, 0.2) is 66.7 Å². The molecule has 31 heavy (non-hydrogen) atoms. The summed E-state index contributed by atoms with van der Waals surface area (Å²) in [4.78, 5) is 24.0. The van der Waals surface area contributed by atoms with E-state index in [4.69, 9.17) is 11.6 Å². The molecule has 0 aliphatic rings. The Morgan fingerprint density at radius 3 is 2.42 bits per heavy atom. The Labute approximate surface area is 188 Å². The normalized spacial score (nSPS) is 10.8. The van der Waals surface area contributed by atoms with Crippen molar-refractivity contribution in [2.45, 2.75) is 19.7 Å². The highest BCUT2D eigenvalue weighted by Crippen LogP contribution is 2.30. The Balaban J connectivity index is 1.73. The molecule has 3 aromatic rings. The molecule has 0 spiro atoms. The number of benzene rings is 3. The molecule has 0 aliphatic carbocycles. The van der Waals surface area contributed by atoms with Gasteiger partial charge in [-0.05, 0) is 77.6 Å². The Morgan fingerprint density at radius 2 is 1.74 bits per heavy atom. The molecular formula is C26H25ClN2O2. The van der Waals surface area contributed by atoms with E-state index in [1.165, 1.54) is 11.6 Å². The lowest BCUT2D eigenvalue weighted by molar-refractivity contribution is -0.111. The highest BCUT2D eigenvalue weighted by atomic mass is 35.5. The minimum atomic E-state index is -0.227. The number of hydrogen-bond acceptors (Lipinski definition) is 2. The summed E-state index contributed by atoms with van der Waals surface area (Å²) in [6.45, 7) is 4.13. The number of carbonyl (C=O) groups is 2. The van der Waals surface area contributed by atoms with Crippen LogP contribution in [0.3, 0.4) is 0 Å². The number of rotatable bonds is 6. The van der Waals surface area contributed by atoms with E-state index in [1.807, 2.05) is 24.3 Å². The van der Waals surface area contributed by atoms with Gasteiger partial charge in [-0.1, -0.05) is 36.4 Å². The van der Waals surface area contributed by atoms with Crippen molar-refractivity contribution in [2.75, 3.05) is 12.4 Å². The van der Waals surface area contributed by atoms with Crippen LogP contribution in [0.25, 0.3) is 17.2 Å². The van der Waals surface area contributed by atoms with Crippen molar-refractivity contribution in [1.29, 1.82) is 0 Å². The molecule has 0 aliphatic heterocycles. The molecule has 5 heteroatoms. The zero-order chi connectivity index (χ0) is 22.4. The van der Waals surface area contributed by atoms with Crippen LogP contribution in [0, 0.1) is 13.8 Å². The molecule has 0 heterocycles. The fourth-order valence-electron chi connectivity index (χ4n) is 3.42. The number of carbonyl (C=O) groups excluding carboxylic acids is 2. The minimum absolute atomic E-state index is 0.143. The van der Waals surface area contributed by atoms with Crippen LogP contribution in [-0.4, -0.2) is 18.9 Å². The predicted octanol–water partition coefficient (Wildman–Crippen LogP) is 5.72. The smallest absolute Gasteiger partial charge is 0.251 e. The number of alkyl halides is 1. The summed E-state index contributed by atoms with van der Waals surface area (Å²) in [5, 5.41) is 5.48. The predicted molar refractivity (Wildman–Crippen MR) is 128 cm³/mol. The second kappa shape index (κ2) is 10.1. The van der Waals surface area contributed by atoms with Crippen LogP contribution in [0.2, 0.25) is 0 Å². The van der Waals surface area contributed by atoms with E-state index in [9.17, 15) is 9.59 Å². The first kappa shape index (κ1) is 22.3. The highest BCUT2D eigenvalue weighted by Gasteiger charge is 2.09. The molecule has 0 radical (unpaired) electrons. The van der Waals surface area contributed by atoms with Crippen LogP contribution >= 0.6 is 11.6 Å². The van der Waals surface area contributed by atoms with Gasteiger partial charge in [0.15, 0.2) is 0 Å². The van der Waals surface area contributed by atoms with E-state index in [2.05, 4.69) is 36.6 Å². The van der Waals surface area contributed by atoms with Crippen LogP contribution in [0.4, 0.5) is 5.69 Å². The second-order valence-corrected chi connectivity index (χ2v) is 7.54. The highest BCUT2D eigenvalue weighted by molar-refractivity contribution is 6.17. The molecule has 2 amide bonds. The molecule has 3 aromatic carbocycles. The molecule has 0 unspecified atom stereocenters. The number of amides is 2. The molecule has 3 rings (SSSR count). The third-order valence-electron chi connectivity index (χ3n) is 5.23. The van der Waals surface area contributed by atoms with Gasteiger partial charge in [-0.15, -0.1) is 11.6 Å². The van der Waals surface area contributed by atoms with Gasteiger partial charge in [0.05, 0.1) is 0 Å². The van der Waals surface area contributed by atoms with E-state index in [1.54, 1.807) is 37.4 Å². The van der Waals surface area contributed by atoms with E-state index in [0.29, 0.717) is 11.4 Å². The SMILES string of the molecule is CNC(=O)c1ccc(C=CC(=O)Nc2cccc(-c3ccc(C)c(CCl)c3C)c2)cc1. The molecule has 0 fully saturated rings. The lowest BCUT2D eigenvalue weighted by Gasteiger charge is -2.14.